The number of carbonyl (C=O) groups is 1. The van der Waals surface area contributed by atoms with E-state index in [4.69, 9.17) is 4.74 Å². The van der Waals surface area contributed by atoms with Crippen LogP contribution in [0.5, 0.6) is 5.75 Å². The molecule has 1 amide bonds. The first kappa shape index (κ1) is 17.3. The van der Waals surface area contributed by atoms with Crippen molar-refractivity contribution in [2.24, 2.45) is 0 Å². The molecule has 0 fully saturated rings. The van der Waals surface area contributed by atoms with Gasteiger partial charge in [-0.1, -0.05) is 38.1 Å². The van der Waals surface area contributed by atoms with Gasteiger partial charge in [-0.2, -0.15) is 0 Å². The minimum absolute atomic E-state index is 0.0601. The van der Waals surface area contributed by atoms with E-state index in [2.05, 4.69) is 31.3 Å². The molecule has 4 nitrogen and oxygen atoms in total. The lowest BCUT2D eigenvalue weighted by molar-refractivity contribution is -0.122. The van der Waals surface area contributed by atoms with Crippen molar-refractivity contribution in [2.45, 2.75) is 39.2 Å². The third-order valence-corrected chi connectivity index (χ3v) is 4.55. The molecular weight excluding hydrogens is 312 g/mol. The van der Waals surface area contributed by atoms with Gasteiger partial charge in [0.2, 0.25) is 0 Å². The standard InChI is InChI=1S/C21H26N2O2/c1-15(2)16-9-11-17(12-10-16)25-14-13-23-19-8-6-5-7-18(19)22-21(3,4)20(23)24/h5-12,15,22H,13-14H2,1-4H3. The van der Waals surface area contributed by atoms with Crippen molar-refractivity contribution in [3.63, 3.8) is 0 Å². The smallest absolute Gasteiger partial charge is 0.252 e. The molecule has 1 aliphatic rings. The fraction of sp³-hybridized carbons (Fsp3) is 0.381. The monoisotopic (exact) mass is 338 g/mol. The molecular formula is C21H26N2O2. The molecule has 0 radical (unpaired) electrons. The molecule has 0 spiro atoms. The molecule has 2 aromatic rings. The Hall–Kier alpha value is -2.49. The topological polar surface area (TPSA) is 41.6 Å². The maximum Gasteiger partial charge on any atom is 0.252 e. The van der Waals surface area contributed by atoms with E-state index in [0.29, 0.717) is 19.1 Å². The highest BCUT2D eigenvalue weighted by atomic mass is 16.5. The van der Waals surface area contributed by atoms with Crippen LogP contribution in [0, 0.1) is 0 Å². The number of para-hydroxylation sites is 2. The van der Waals surface area contributed by atoms with Crippen LogP contribution in [0.3, 0.4) is 0 Å². The number of carbonyl (C=O) groups excluding carboxylic acids is 1. The third kappa shape index (κ3) is 3.63. The lowest BCUT2D eigenvalue weighted by Crippen LogP contribution is -2.54. The summed E-state index contributed by atoms with van der Waals surface area (Å²) in [5.41, 5.74) is 2.56. The van der Waals surface area contributed by atoms with Gasteiger partial charge in [-0.25, -0.2) is 0 Å². The SMILES string of the molecule is CC(C)c1ccc(OCCN2C(=O)C(C)(C)Nc3ccccc32)cc1. The number of benzene rings is 2. The molecule has 3 rings (SSSR count). The van der Waals surface area contributed by atoms with Crippen LogP contribution >= 0.6 is 0 Å². The Kier molecular flexibility index (Phi) is 4.71. The van der Waals surface area contributed by atoms with Crippen molar-refractivity contribution in [1.29, 1.82) is 0 Å². The predicted octanol–water partition coefficient (Wildman–Crippen LogP) is 4.43. The van der Waals surface area contributed by atoms with Gasteiger partial charge in [-0.15, -0.1) is 0 Å². The van der Waals surface area contributed by atoms with Crippen LogP contribution in [0.15, 0.2) is 48.5 Å². The summed E-state index contributed by atoms with van der Waals surface area (Å²) in [7, 11) is 0. The Morgan fingerprint density at radius 2 is 1.76 bits per heavy atom. The molecule has 1 heterocycles. The zero-order valence-electron chi connectivity index (χ0n) is 15.4. The van der Waals surface area contributed by atoms with E-state index >= 15 is 0 Å². The van der Waals surface area contributed by atoms with Gasteiger partial charge in [0.25, 0.3) is 5.91 Å². The van der Waals surface area contributed by atoms with Gasteiger partial charge >= 0.3 is 0 Å². The van der Waals surface area contributed by atoms with Crippen LogP contribution in [0.1, 0.15) is 39.2 Å². The van der Waals surface area contributed by atoms with Gasteiger partial charge in [-0.05, 0) is 49.6 Å². The summed E-state index contributed by atoms with van der Waals surface area (Å²) in [6.07, 6.45) is 0. The average Bonchev–Trinajstić information content (AvgIpc) is 2.58. The molecule has 0 aromatic heterocycles. The van der Waals surface area contributed by atoms with E-state index in [0.717, 1.165) is 17.1 Å². The molecule has 0 bridgehead atoms. The molecule has 0 aliphatic carbocycles. The van der Waals surface area contributed by atoms with E-state index in [-0.39, 0.29) is 5.91 Å². The second-order valence-electron chi connectivity index (χ2n) is 7.30. The van der Waals surface area contributed by atoms with Crippen molar-refractivity contribution in [3.05, 3.63) is 54.1 Å². The summed E-state index contributed by atoms with van der Waals surface area (Å²) >= 11 is 0. The zero-order valence-corrected chi connectivity index (χ0v) is 15.4. The summed E-state index contributed by atoms with van der Waals surface area (Å²) in [5.74, 6) is 1.40. The summed E-state index contributed by atoms with van der Waals surface area (Å²) in [5, 5.41) is 3.31. The molecule has 1 aliphatic heterocycles. The van der Waals surface area contributed by atoms with E-state index in [1.807, 2.05) is 55.1 Å². The van der Waals surface area contributed by atoms with Gasteiger partial charge < -0.3 is 15.0 Å². The van der Waals surface area contributed by atoms with Crippen molar-refractivity contribution >= 4 is 17.3 Å². The minimum Gasteiger partial charge on any atom is -0.492 e. The number of hydrogen-bond acceptors (Lipinski definition) is 3. The number of rotatable bonds is 5. The molecule has 0 saturated carbocycles. The Morgan fingerprint density at radius 3 is 2.44 bits per heavy atom. The summed E-state index contributed by atoms with van der Waals surface area (Å²) < 4.78 is 5.86. The third-order valence-electron chi connectivity index (χ3n) is 4.55. The predicted molar refractivity (Wildman–Crippen MR) is 103 cm³/mol. The van der Waals surface area contributed by atoms with Crippen molar-refractivity contribution < 1.29 is 9.53 Å². The van der Waals surface area contributed by atoms with E-state index in [1.165, 1.54) is 5.56 Å². The molecule has 0 saturated heterocycles. The molecule has 4 heteroatoms. The van der Waals surface area contributed by atoms with Crippen molar-refractivity contribution in [1.82, 2.24) is 0 Å². The maximum atomic E-state index is 12.8. The number of nitrogens with one attached hydrogen (secondary N) is 1. The number of anilines is 2. The number of ether oxygens (including phenoxy) is 1. The van der Waals surface area contributed by atoms with Crippen molar-refractivity contribution in [2.75, 3.05) is 23.4 Å². The van der Waals surface area contributed by atoms with Crippen LogP contribution in [0.25, 0.3) is 0 Å². The summed E-state index contributed by atoms with van der Waals surface area (Å²) in [4.78, 5) is 14.6. The molecule has 0 atom stereocenters. The van der Waals surface area contributed by atoms with Crippen molar-refractivity contribution in [3.8, 4) is 5.75 Å². The number of nitrogens with zero attached hydrogens (tertiary/aromatic N) is 1. The first-order valence-electron chi connectivity index (χ1n) is 8.80. The van der Waals surface area contributed by atoms with E-state index < -0.39 is 5.54 Å². The van der Waals surface area contributed by atoms with E-state index in [1.54, 1.807) is 0 Å². The van der Waals surface area contributed by atoms with Gasteiger partial charge in [0.1, 0.15) is 17.9 Å². The number of amides is 1. The minimum atomic E-state index is -0.618. The molecule has 0 unspecified atom stereocenters. The van der Waals surface area contributed by atoms with E-state index in [9.17, 15) is 4.79 Å². The average molecular weight is 338 g/mol. The van der Waals surface area contributed by atoms with Crippen LogP contribution in [0.2, 0.25) is 0 Å². The lowest BCUT2D eigenvalue weighted by Gasteiger charge is -2.39. The second kappa shape index (κ2) is 6.79. The summed E-state index contributed by atoms with van der Waals surface area (Å²) in [6, 6.07) is 16.1. The highest BCUT2D eigenvalue weighted by Gasteiger charge is 2.38. The normalized spacial score (nSPS) is 15.7. The highest BCUT2D eigenvalue weighted by Crippen LogP contribution is 2.34. The number of hydrogen-bond donors (Lipinski definition) is 1. The Labute approximate surface area is 149 Å². The highest BCUT2D eigenvalue weighted by molar-refractivity contribution is 6.07. The molecule has 2 aromatic carbocycles. The molecule has 1 N–H and O–H groups in total. The first-order chi connectivity index (χ1) is 11.9. The van der Waals surface area contributed by atoms with Gasteiger partial charge in [-0.3, -0.25) is 4.79 Å². The fourth-order valence-electron chi connectivity index (χ4n) is 3.08. The Morgan fingerprint density at radius 1 is 1.08 bits per heavy atom. The molecule has 132 valence electrons. The maximum absolute atomic E-state index is 12.8. The Balaban J connectivity index is 1.68. The molecule has 25 heavy (non-hydrogen) atoms. The summed E-state index contributed by atoms with van der Waals surface area (Å²) in [6.45, 7) is 9.13. The van der Waals surface area contributed by atoms with Crippen LogP contribution < -0.4 is 15.0 Å². The quantitative estimate of drug-likeness (QED) is 0.877. The zero-order chi connectivity index (χ0) is 18.0. The van der Waals surface area contributed by atoms with Crippen LogP contribution in [0.4, 0.5) is 11.4 Å². The Bertz CT molecular complexity index is 751. The van der Waals surface area contributed by atoms with Gasteiger partial charge in [0, 0.05) is 0 Å². The van der Waals surface area contributed by atoms with Crippen LogP contribution in [-0.2, 0) is 4.79 Å². The first-order valence-corrected chi connectivity index (χ1v) is 8.80. The van der Waals surface area contributed by atoms with Gasteiger partial charge in [0.15, 0.2) is 0 Å². The lowest BCUT2D eigenvalue weighted by atomic mass is 9.98. The second-order valence-corrected chi connectivity index (χ2v) is 7.30. The largest absolute Gasteiger partial charge is 0.492 e. The fourth-order valence-corrected chi connectivity index (χ4v) is 3.08. The van der Waals surface area contributed by atoms with Crippen LogP contribution in [-0.4, -0.2) is 24.6 Å². The van der Waals surface area contributed by atoms with Gasteiger partial charge in [0.05, 0.1) is 17.9 Å². The number of fused-ring (bicyclic) bond motifs is 1.